The van der Waals surface area contributed by atoms with E-state index < -0.39 is 11.7 Å². The fourth-order valence-corrected chi connectivity index (χ4v) is 8.68. The molecule has 0 aliphatic carbocycles. The average Bonchev–Trinajstić information content (AvgIpc) is 3.69. The summed E-state index contributed by atoms with van der Waals surface area (Å²) in [5.41, 5.74) is 3.40. The molecule has 2 saturated heterocycles. The monoisotopic (exact) mass is 837 g/mol. The molecule has 4 aromatic rings. The summed E-state index contributed by atoms with van der Waals surface area (Å²) in [7, 11) is 0. The van der Waals surface area contributed by atoms with Gasteiger partial charge in [0.1, 0.15) is 24.6 Å². The van der Waals surface area contributed by atoms with Crippen LogP contribution in [0.25, 0.3) is 10.8 Å². The first-order valence-corrected chi connectivity index (χ1v) is 21.5. The van der Waals surface area contributed by atoms with E-state index in [9.17, 15) is 14.9 Å². The van der Waals surface area contributed by atoms with E-state index in [2.05, 4.69) is 45.0 Å². The lowest BCUT2D eigenvalue weighted by molar-refractivity contribution is -0.156. The van der Waals surface area contributed by atoms with Crippen LogP contribution in [-0.4, -0.2) is 109 Å². The van der Waals surface area contributed by atoms with Crippen LogP contribution in [0.4, 0.5) is 16.3 Å². The smallest absolute Gasteiger partial charge is 0.410 e. The molecule has 14 heteroatoms. The quantitative estimate of drug-likeness (QED) is 0.0864. The number of nitrogens with zero attached hydrogens (tertiary/aromatic N) is 7. The van der Waals surface area contributed by atoms with E-state index in [0.29, 0.717) is 63.5 Å². The minimum Gasteiger partial charge on any atom is -0.462 e. The van der Waals surface area contributed by atoms with E-state index in [1.165, 1.54) is 0 Å². The van der Waals surface area contributed by atoms with Gasteiger partial charge in [0.05, 0.1) is 48.8 Å². The molecule has 4 heterocycles. The van der Waals surface area contributed by atoms with Crippen molar-refractivity contribution in [2.75, 3.05) is 68.9 Å². The fraction of sp³-hybridized carbons (Fsp3) is 0.500. The Morgan fingerprint density at radius 1 is 0.933 bits per heavy atom. The van der Waals surface area contributed by atoms with Gasteiger partial charge in [0, 0.05) is 62.0 Å². The van der Waals surface area contributed by atoms with Crippen LogP contribution in [0.2, 0.25) is 5.02 Å². The van der Waals surface area contributed by atoms with Crippen molar-refractivity contribution in [1.82, 2.24) is 19.8 Å². The zero-order valence-electron chi connectivity index (χ0n) is 35.0. The van der Waals surface area contributed by atoms with Crippen LogP contribution in [0.1, 0.15) is 69.7 Å². The number of fused-ring (bicyclic) bond motifs is 2. The molecule has 60 heavy (non-hydrogen) atoms. The zero-order chi connectivity index (χ0) is 42.1. The number of anilines is 2. The van der Waals surface area contributed by atoms with Gasteiger partial charge in [-0.3, -0.25) is 9.69 Å². The van der Waals surface area contributed by atoms with Crippen molar-refractivity contribution in [3.63, 3.8) is 0 Å². The van der Waals surface area contributed by atoms with Gasteiger partial charge in [0.2, 0.25) is 0 Å². The third-order valence-electron chi connectivity index (χ3n) is 11.3. The number of carbonyl (C=O) groups is 2. The molecule has 318 valence electrons. The van der Waals surface area contributed by atoms with Crippen LogP contribution in [0.3, 0.4) is 0 Å². The van der Waals surface area contributed by atoms with Gasteiger partial charge in [-0.1, -0.05) is 66.2 Å². The highest BCUT2D eigenvalue weighted by atomic mass is 35.5. The molecule has 7 rings (SSSR count). The molecule has 2 fully saturated rings. The molecule has 13 nitrogen and oxygen atoms in total. The van der Waals surface area contributed by atoms with Gasteiger partial charge >= 0.3 is 18.1 Å². The predicted molar refractivity (Wildman–Crippen MR) is 231 cm³/mol. The molecule has 0 spiro atoms. The summed E-state index contributed by atoms with van der Waals surface area (Å²) < 4.78 is 23.4. The number of rotatable bonds is 15. The Hall–Kier alpha value is -5.16. The molecule has 3 aliphatic heterocycles. The molecule has 0 N–H and O–H groups in total. The minimum atomic E-state index is -0.501. The number of likely N-dealkylation sites (tertiary alicyclic amines) is 1. The van der Waals surface area contributed by atoms with Crippen LogP contribution in [0.5, 0.6) is 6.01 Å². The second-order valence-corrected chi connectivity index (χ2v) is 17.1. The SMILES string of the molecule is CC(C)(C)OC(=O)CCOCCCN1CCC[C@H]1COc1nc2c(c(N3CCN(C(=O)OCc4ccccc4)[C@@H](CC#N)C3)n1)CCN(c1cccc3cccc(Cl)c13)C2. The van der Waals surface area contributed by atoms with E-state index in [0.717, 1.165) is 78.0 Å². The summed E-state index contributed by atoms with van der Waals surface area (Å²) in [5.74, 6) is 0.540. The molecular formula is C46H56ClN7O6. The number of ether oxygens (including phenoxy) is 4. The second-order valence-electron chi connectivity index (χ2n) is 16.7. The third kappa shape index (κ3) is 11.0. The number of esters is 1. The first-order valence-electron chi connectivity index (χ1n) is 21.1. The lowest BCUT2D eigenvalue weighted by Gasteiger charge is -2.42. The van der Waals surface area contributed by atoms with Crippen molar-refractivity contribution in [2.24, 2.45) is 0 Å². The number of hydrogen-bond donors (Lipinski definition) is 0. The van der Waals surface area contributed by atoms with E-state index in [-0.39, 0.29) is 37.5 Å². The predicted octanol–water partition coefficient (Wildman–Crippen LogP) is 7.57. The molecule has 2 atom stereocenters. The number of aromatic nitrogens is 2. The molecule has 1 aromatic heterocycles. The highest BCUT2D eigenvalue weighted by molar-refractivity contribution is 6.36. The molecule has 0 bridgehead atoms. The van der Waals surface area contributed by atoms with Crippen molar-refractivity contribution < 1.29 is 28.5 Å². The summed E-state index contributed by atoms with van der Waals surface area (Å²) in [6.07, 6.45) is 3.60. The normalized spacial score (nSPS) is 18.3. The van der Waals surface area contributed by atoms with E-state index in [1.54, 1.807) is 4.90 Å². The summed E-state index contributed by atoms with van der Waals surface area (Å²) in [5, 5.41) is 12.7. The molecular weight excluding hydrogens is 782 g/mol. The van der Waals surface area contributed by atoms with Gasteiger partial charge in [0.25, 0.3) is 0 Å². The maximum absolute atomic E-state index is 13.4. The van der Waals surface area contributed by atoms with Crippen molar-refractivity contribution in [2.45, 2.75) is 90.1 Å². The first kappa shape index (κ1) is 42.9. The highest BCUT2D eigenvalue weighted by Gasteiger charge is 2.35. The minimum absolute atomic E-state index is 0.162. The van der Waals surface area contributed by atoms with Crippen molar-refractivity contribution in [3.05, 3.63) is 88.6 Å². The summed E-state index contributed by atoms with van der Waals surface area (Å²) in [4.78, 5) is 44.2. The van der Waals surface area contributed by atoms with E-state index in [4.69, 9.17) is 40.5 Å². The van der Waals surface area contributed by atoms with Crippen LogP contribution < -0.4 is 14.5 Å². The molecule has 1 amide bonds. The van der Waals surface area contributed by atoms with Gasteiger partial charge in [-0.15, -0.1) is 0 Å². The Morgan fingerprint density at radius 3 is 2.55 bits per heavy atom. The lowest BCUT2D eigenvalue weighted by Crippen LogP contribution is -2.55. The van der Waals surface area contributed by atoms with Gasteiger partial charge < -0.3 is 33.6 Å². The number of amides is 1. The summed E-state index contributed by atoms with van der Waals surface area (Å²) in [6.45, 7) is 11.5. The van der Waals surface area contributed by atoms with Gasteiger partial charge in [-0.2, -0.15) is 15.2 Å². The maximum atomic E-state index is 13.4. The number of benzene rings is 3. The van der Waals surface area contributed by atoms with Crippen LogP contribution >= 0.6 is 11.6 Å². The van der Waals surface area contributed by atoms with Crippen molar-refractivity contribution >= 4 is 45.9 Å². The molecule has 0 unspecified atom stereocenters. The van der Waals surface area contributed by atoms with E-state index in [1.807, 2.05) is 63.2 Å². The number of nitriles is 1. The van der Waals surface area contributed by atoms with Crippen molar-refractivity contribution in [1.29, 1.82) is 5.26 Å². The summed E-state index contributed by atoms with van der Waals surface area (Å²) in [6, 6.07) is 24.3. The van der Waals surface area contributed by atoms with Gasteiger partial charge in [-0.25, -0.2) is 4.79 Å². The second kappa shape index (κ2) is 19.9. The Kier molecular flexibility index (Phi) is 14.3. The van der Waals surface area contributed by atoms with Gasteiger partial charge in [-0.05, 0) is 76.1 Å². The Morgan fingerprint density at radius 2 is 1.75 bits per heavy atom. The fourth-order valence-electron chi connectivity index (χ4n) is 8.40. The molecule has 3 aromatic carbocycles. The largest absolute Gasteiger partial charge is 0.462 e. The van der Waals surface area contributed by atoms with E-state index >= 15 is 0 Å². The topological polar surface area (TPSA) is 134 Å². The van der Waals surface area contributed by atoms with Crippen LogP contribution in [-0.2, 0) is 38.6 Å². The number of hydrogen-bond acceptors (Lipinski definition) is 12. The van der Waals surface area contributed by atoms with Crippen molar-refractivity contribution in [3.8, 4) is 12.1 Å². The Balaban J connectivity index is 1.05. The lowest BCUT2D eigenvalue weighted by atomic mass is 10.0. The number of carbonyl (C=O) groups excluding carboxylic acids is 2. The third-order valence-corrected chi connectivity index (χ3v) is 11.6. The molecule has 0 radical (unpaired) electrons. The maximum Gasteiger partial charge on any atom is 0.410 e. The number of halogens is 1. The first-order chi connectivity index (χ1) is 29.1. The Bertz CT molecular complexity index is 2140. The number of piperazine rings is 1. The highest BCUT2D eigenvalue weighted by Crippen LogP contribution is 2.37. The van der Waals surface area contributed by atoms with Gasteiger partial charge in [0.15, 0.2) is 0 Å². The van der Waals surface area contributed by atoms with Crippen LogP contribution in [0.15, 0.2) is 66.7 Å². The standard InChI is InChI=1S/C46H56ClN7O6/c1-46(2,3)60-41(55)20-28-57-27-10-23-51-22-9-15-36(51)32-58-44-49-39-30-52(40-17-8-14-34-13-7-16-38(47)42(34)40)24-19-37(39)43(50-44)53-25-26-54(35(29-53)18-21-48)45(56)59-31-33-11-5-4-6-12-33/h4-8,11-14,16-17,35-36H,9-10,15,18-20,22-32H2,1-3H3/t35-,36-/m0/s1. The Labute approximate surface area is 358 Å². The molecule has 3 aliphatic rings. The molecule has 0 saturated carbocycles. The summed E-state index contributed by atoms with van der Waals surface area (Å²) >= 11 is 6.79. The zero-order valence-corrected chi connectivity index (χ0v) is 35.7. The van der Waals surface area contributed by atoms with Crippen LogP contribution in [0, 0.1) is 11.3 Å². The average molecular weight is 838 g/mol.